The lowest BCUT2D eigenvalue weighted by molar-refractivity contribution is -0.139. The van der Waals surface area contributed by atoms with E-state index in [4.69, 9.17) is 14.7 Å². The summed E-state index contributed by atoms with van der Waals surface area (Å²) in [5.74, 6) is 0.0568. The Morgan fingerprint density at radius 1 is 1.15 bits per heavy atom. The van der Waals surface area contributed by atoms with Crippen LogP contribution in [0.15, 0.2) is 0 Å². The first-order valence-electron chi connectivity index (χ1n) is 9.37. The zero-order chi connectivity index (χ0) is 19.2. The van der Waals surface area contributed by atoms with Crippen molar-refractivity contribution in [3.63, 3.8) is 0 Å². The number of hydrogen-bond acceptors (Lipinski definition) is 6. The smallest absolute Gasteiger partial charge is 0.251 e. The fourth-order valence-corrected chi connectivity index (χ4v) is 2.72. The number of rotatable bonds is 8. The quantitative estimate of drug-likeness (QED) is 0.602. The molecule has 26 heavy (non-hydrogen) atoms. The van der Waals surface area contributed by atoms with E-state index in [-0.39, 0.29) is 24.0 Å². The molecular weight excluding hydrogens is 336 g/mol. The molecule has 0 aliphatic carbocycles. The van der Waals surface area contributed by atoms with E-state index in [0.29, 0.717) is 19.6 Å². The molecule has 0 aromatic rings. The molecule has 8 heteroatoms. The molecule has 2 rings (SSSR count). The number of likely N-dealkylation sites (N-methyl/N-ethyl adjacent to an activating group) is 1. The lowest BCUT2D eigenvalue weighted by Gasteiger charge is -2.18. The van der Waals surface area contributed by atoms with E-state index in [0.717, 1.165) is 51.8 Å². The SMILES string of the molecule is CN(CCC#N)C(=O)C1CCCO1.CNCCCNC(=O)C1CCCO1. The van der Waals surface area contributed by atoms with Crippen molar-refractivity contribution in [2.24, 2.45) is 0 Å². The summed E-state index contributed by atoms with van der Waals surface area (Å²) >= 11 is 0. The van der Waals surface area contributed by atoms with Gasteiger partial charge in [0.1, 0.15) is 12.2 Å². The standard InChI is InChI=1S/C9H14N2O2.C9H18N2O2/c1-11(6-3-5-10)9(12)8-4-2-7-13-8;1-10-5-3-6-11-9(12)8-4-2-7-13-8/h8H,2-4,6-7H2,1H3;8,10H,2-7H2,1H3,(H,11,12). The zero-order valence-corrected chi connectivity index (χ0v) is 16.0. The van der Waals surface area contributed by atoms with Gasteiger partial charge in [0, 0.05) is 33.4 Å². The second-order valence-corrected chi connectivity index (χ2v) is 6.42. The van der Waals surface area contributed by atoms with Crippen LogP contribution in [0.3, 0.4) is 0 Å². The molecule has 2 unspecified atom stereocenters. The number of nitrogens with one attached hydrogen (secondary N) is 2. The molecule has 2 amide bonds. The van der Waals surface area contributed by atoms with E-state index in [1.807, 2.05) is 13.1 Å². The number of amides is 2. The highest BCUT2D eigenvalue weighted by Crippen LogP contribution is 2.14. The van der Waals surface area contributed by atoms with Crippen LogP contribution in [0.2, 0.25) is 0 Å². The predicted octanol–water partition coefficient (Wildman–Crippen LogP) is 0.429. The third kappa shape index (κ3) is 8.61. The molecule has 148 valence electrons. The van der Waals surface area contributed by atoms with Gasteiger partial charge in [0.25, 0.3) is 5.91 Å². The summed E-state index contributed by atoms with van der Waals surface area (Å²) in [7, 11) is 3.61. The molecule has 2 saturated heterocycles. The molecule has 2 aliphatic heterocycles. The van der Waals surface area contributed by atoms with Gasteiger partial charge in [0.05, 0.1) is 12.5 Å². The monoisotopic (exact) mass is 368 g/mol. The average molecular weight is 368 g/mol. The van der Waals surface area contributed by atoms with Crippen molar-refractivity contribution in [1.29, 1.82) is 5.26 Å². The van der Waals surface area contributed by atoms with Crippen molar-refractivity contribution in [3.8, 4) is 6.07 Å². The van der Waals surface area contributed by atoms with Crippen LogP contribution >= 0.6 is 0 Å². The van der Waals surface area contributed by atoms with Crippen LogP contribution in [0.1, 0.15) is 38.5 Å². The lowest BCUT2D eigenvalue weighted by Crippen LogP contribution is -2.36. The van der Waals surface area contributed by atoms with Crippen LogP contribution in [-0.2, 0) is 19.1 Å². The number of hydrogen-bond donors (Lipinski definition) is 2. The van der Waals surface area contributed by atoms with Gasteiger partial charge in [-0.2, -0.15) is 5.26 Å². The molecule has 2 N–H and O–H groups in total. The van der Waals surface area contributed by atoms with E-state index in [1.165, 1.54) is 0 Å². The third-order valence-electron chi connectivity index (χ3n) is 4.27. The summed E-state index contributed by atoms with van der Waals surface area (Å²) in [6, 6.07) is 2.01. The number of nitriles is 1. The first-order chi connectivity index (χ1) is 12.6. The van der Waals surface area contributed by atoms with Crippen LogP contribution in [0.25, 0.3) is 0 Å². The Balaban J connectivity index is 0.000000260. The van der Waals surface area contributed by atoms with E-state index < -0.39 is 0 Å². The molecule has 0 aromatic heterocycles. The largest absolute Gasteiger partial charge is 0.368 e. The summed E-state index contributed by atoms with van der Waals surface area (Å²) in [6.45, 7) is 3.58. The molecule has 2 fully saturated rings. The van der Waals surface area contributed by atoms with Crippen LogP contribution in [-0.4, -0.2) is 75.9 Å². The molecule has 0 aromatic carbocycles. The maximum absolute atomic E-state index is 11.5. The summed E-state index contributed by atoms with van der Waals surface area (Å²) in [4.78, 5) is 24.5. The maximum Gasteiger partial charge on any atom is 0.251 e. The van der Waals surface area contributed by atoms with Gasteiger partial charge in [0.15, 0.2) is 0 Å². The van der Waals surface area contributed by atoms with Gasteiger partial charge in [-0.05, 0) is 45.7 Å². The second kappa shape index (κ2) is 13.5. The Hall–Kier alpha value is -1.69. The average Bonchev–Trinajstić information content (AvgIpc) is 3.36. The van der Waals surface area contributed by atoms with E-state index in [1.54, 1.807) is 11.9 Å². The Morgan fingerprint density at radius 3 is 2.35 bits per heavy atom. The van der Waals surface area contributed by atoms with Crippen molar-refractivity contribution < 1.29 is 19.1 Å². The number of carbonyl (C=O) groups excluding carboxylic acids is 2. The number of carbonyl (C=O) groups is 2. The summed E-state index contributed by atoms with van der Waals surface area (Å²) in [6.07, 6.45) is 4.56. The Kier molecular flexibility index (Phi) is 11.6. The van der Waals surface area contributed by atoms with Crippen LogP contribution in [0, 0.1) is 11.3 Å². The van der Waals surface area contributed by atoms with Crippen molar-refractivity contribution in [3.05, 3.63) is 0 Å². The maximum atomic E-state index is 11.5. The Labute approximate surface area is 156 Å². The molecular formula is C18H32N4O4. The molecule has 2 aliphatic rings. The molecule has 0 spiro atoms. The molecule has 0 radical (unpaired) electrons. The summed E-state index contributed by atoms with van der Waals surface area (Å²) in [5.41, 5.74) is 0. The topological polar surface area (TPSA) is 104 Å². The van der Waals surface area contributed by atoms with Gasteiger partial charge < -0.3 is 25.0 Å². The normalized spacial score (nSPS) is 21.4. The van der Waals surface area contributed by atoms with Crippen LogP contribution in [0.5, 0.6) is 0 Å². The molecule has 0 saturated carbocycles. The molecule has 8 nitrogen and oxygen atoms in total. The minimum absolute atomic E-state index is 0.00718. The highest BCUT2D eigenvalue weighted by atomic mass is 16.5. The van der Waals surface area contributed by atoms with Gasteiger partial charge in [-0.15, -0.1) is 0 Å². The zero-order valence-electron chi connectivity index (χ0n) is 16.0. The first kappa shape index (κ1) is 22.4. The highest BCUT2D eigenvalue weighted by Gasteiger charge is 2.26. The molecule has 2 atom stereocenters. The van der Waals surface area contributed by atoms with E-state index in [9.17, 15) is 9.59 Å². The van der Waals surface area contributed by atoms with Crippen molar-refractivity contribution in [1.82, 2.24) is 15.5 Å². The second-order valence-electron chi connectivity index (χ2n) is 6.42. The highest BCUT2D eigenvalue weighted by molar-refractivity contribution is 5.81. The Morgan fingerprint density at radius 2 is 1.81 bits per heavy atom. The van der Waals surface area contributed by atoms with E-state index in [2.05, 4.69) is 10.6 Å². The fourth-order valence-electron chi connectivity index (χ4n) is 2.72. The van der Waals surface area contributed by atoms with Crippen molar-refractivity contribution in [2.75, 3.05) is 46.9 Å². The lowest BCUT2D eigenvalue weighted by atomic mass is 10.2. The predicted molar refractivity (Wildman–Crippen MR) is 97.4 cm³/mol. The van der Waals surface area contributed by atoms with Gasteiger partial charge in [-0.25, -0.2) is 0 Å². The van der Waals surface area contributed by atoms with Crippen molar-refractivity contribution in [2.45, 2.75) is 50.7 Å². The summed E-state index contributed by atoms with van der Waals surface area (Å²) < 4.78 is 10.5. The minimum atomic E-state index is -0.260. The summed E-state index contributed by atoms with van der Waals surface area (Å²) in [5, 5.41) is 14.2. The number of ether oxygens (including phenoxy) is 2. The minimum Gasteiger partial charge on any atom is -0.368 e. The third-order valence-corrected chi connectivity index (χ3v) is 4.27. The molecule has 2 heterocycles. The number of nitrogens with zero attached hydrogens (tertiary/aromatic N) is 2. The van der Waals surface area contributed by atoms with Gasteiger partial charge in [-0.3, -0.25) is 9.59 Å². The Bertz CT molecular complexity index is 455. The fraction of sp³-hybridized carbons (Fsp3) is 0.833. The van der Waals surface area contributed by atoms with Gasteiger partial charge in [0.2, 0.25) is 5.91 Å². The first-order valence-corrected chi connectivity index (χ1v) is 9.37. The van der Waals surface area contributed by atoms with Crippen LogP contribution in [0.4, 0.5) is 0 Å². The van der Waals surface area contributed by atoms with Crippen LogP contribution < -0.4 is 10.6 Å². The molecule has 0 bridgehead atoms. The van der Waals surface area contributed by atoms with E-state index >= 15 is 0 Å². The van der Waals surface area contributed by atoms with Gasteiger partial charge in [-0.1, -0.05) is 0 Å². The van der Waals surface area contributed by atoms with Crippen molar-refractivity contribution >= 4 is 11.8 Å². The van der Waals surface area contributed by atoms with Gasteiger partial charge >= 0.3 is 0 Å².